The third kappa shape index (κ3) is 6.28. The van der Waals surface area contributed by atoms with E-state index in [1.807, 2.05) is 25.1 Å². The van der Waals surface area contributed by atoms with Crippen molar-refractivity contribution < 1.29 is 14.3 Å². The third-order valence-corrected chi connectivity index (χ3v) is 3.85. The number of halogens is 1. The van der Waals surface area contributed by atoms with Gasteiger partial charge in [0.15, 0.2) is 0 Å². The highest BCUT2D eigenvalue weighted by Crippen LogP contribution is 2.20. The number of rotatable bonds is 6. The fraction of sp³-hybridized carbons (Fsp3) is 0.211. The van der Waals surface area contributed by atoms with Gasteiger partial charge in [-0.15, -0.1) is 12.4 Å². The van der Waals surface area contributed by atoms with Crippen molar-refractivity contribution in [1.82, 2.24) is 25.6 Å². The molecule has 3 rings (SSSR count). The standard InChI is InChI=1S/C19H20N6O3.ClH/c1-2-21-18(26)25-17-8-13-4-3-5-14(16(13)10-22-17)9-23-19(27)28-11-15-6-7-20-12-24-15;/h3-8,10,12H,2,9,11H2,1H3,(H,23,27)(H2,21,22,25,26);1H. The van der Waals surface area contributed by atoms with Gasteiger partial charge in [0.25, 0.3) is 0 Å². The molecule has 2 aromatic heterocycles. The number of hydrogen-bond acceptors (Lipinski definition) is 6. The van der Waals surface area contributed by atoms with Gasteiger partial charge in [0, 0.05) is 30.9 Å². The van der Waals surface area contributed by atoms with Gasteiger partial charge >= 0.3 is 12.1 Å². The molecule has 0 atom stereocenters. The van der Waals surface area contributed by atoms with Gasteiger partial charge < -0.3 is 15.4 Å². The van der Waals surface area contributed by atoms with Crippen LogP contribution in [0.25, 0.3) is 10.8 Å². The van der Waals surface area contributed by atoms with Crippen LogP contribution in [0.15, 0.2) is 49.1 Å². The van der Waals surface area contributed by atoms with E-state index in [4.69, 9.17) is 4.74 Å². The van der Waals surface area contributed by atoms with E-state index in [-0.39, 0.29) is 31.6 Å². The number of carbonyl (C=O) groups excluding carboxylic acids is 2. The molecule has 3 N–H and O–H groups in total. The summed E-state index contributed by atoms with van der Waals surface area (Å²) >= 11 is 0. The molecule has 152 valence electrons. The van der Waals surface area contributed by atoms with Crippen molar-refractivity contribution in [3.05, 3.63) is 60.3 Å². The first-order chi connectivity index (χ1) is 13.7. The van der Waals surface area contributed by atoms with Gasteiger partial charge in [-0.25, -0.2) is 24.5 Å². The van der Waals surface area contributed by atoms with Crippen LogP contribution in [-0.2, 0) is 17.9 Å². The zero-order valence-corrected chi connectivity index (χ0v) is 16.5. The highest BCUT2D eigenvalue weighted by atomic mass is 35.5. The average Bonchev–Trinajstić information content (AvgIpc) is 2.71. The Morgan fingerprint density at radius 1 is 1.14 bits per heavy atom. The number of hydrogen-bond donors (Lipinski definition) is 3. The van der Waals surface area contributed by atoms with Crippen LogP contribution in [0.1, 0.15) is 18.2 Å². The number of ether oxygens (including phenoxy) is 1. The van der Waals surface area contributed by atoms with Gasteiger partial charge in [-0.1, -0.05) is 18.2 Å². The summed E-state index contributed by atoms with van der Waals surface area (Å²) in [5.74, 6) is 0.452. The molecule has 0 spiro atoms. The largest absolute Gasteiger partial charge is 0.443 e. The Bertz CT molecular complexity index is 971. The van der Waals surface area contributed by atoms with Crippen molar-refractivity contribution in [3.8, 4) is 0 Å². The Hall–Kier alpha value is -3.46. The summed E-state index contributed by atoms with van der Waals surface area (Å²) in [6, 6.07) is 8.83. The number of aromatic nitrogens is 3. The molecule has 0 bridgehead atoms. The number of nitrogens with zero attached hydrogens (tertiary/aromatic N) is 3. The summed E-state index contributed by atoms with van der Waals surface area (Å²) in [4.78, 5) is 35.6. The molecule has 2 heterocycles. The lowest BCUT2D eigenvalue weighted by Crippen LogP contribution is -2.28. The van der Waals surface area contributed by atoms with E-state index in [9.17, 15) is 9.59 Å². The van der Waals surface area contributed by atoms with Gasteiger partial charge in [-0.3, -0.25) is 5.32 Å². The number of fused-ring (bicyclic) bond motifs is 1. The van der Waals surface area contributed by atoms with E-state index in [0.717, 1.165) is 16.3 Å². The second-order valence-electron chi connectivity index (χ2n) is 5.82. The second-order valence-corrected chi connectivity index (χ2v) is 5.82. The first-order valence-electron chi connectivity index (χ1n) is 8.73. The molecule has 9 nitrogen and oxygen atoms in total. The van der Waals surface area contributed by atoms with Crippen LogP contribution < -0.4 is 16.0 Å². The fourth-order valence-electron chi connectivity index (χ4n) is 2.54. The van der Waals surface area contributed by atoms with Crippen molar-refractivity contribution in [1.29, 1.82) is 0 Å². The lowest BCUT2D eigenvalue weighted by Gasteiger charge is -2.10. The SMILES string of the molecule is CCNC(=O)Nc1cc2cccc(CNC(=O)OCc3ccncn3)c2cn1.Cl. The van der Waals surface area contributed by atoms with E-state index in [2.05, 4.69) is 30.9 Å². The molecular formula is C19H21ClN6O3. The first kappa shape index (κ1) is 21.8. The number of alkyl carbamates (subject to hydrolysis) is 1. The van der Waals surface area contributed by atoms with Crippen molar-refractivity contribution >= 4 is 41.1 Å². The maximum absolute atomic E-state index is 11.9. The summed E-state index contributed by atoms with van der Waals surface area (Å²) < 4.78 is 5.14. The predicted molar refractivity (Wildman–Crippen MR) is 111 cm³/mol. The molecule has 3 aromatic rings. The van der Waals surface area contributed by atoms with Gasteiger partial charge in [0.2, 0.25) is 0 Å². The summed E-state index contributed by atoms with van der Waals surface area (Å²) in [5.41, 5.74) is 1.50. The molecule has 29 heavy (non-hydrogen) atoms. The summed E-state index contributed by atoms with van der Waals surface area (Å²) in [7, 11) is 0. The molecule has 0 fully saturated rings. The summed E-state index contributed by atoms with van der Waals surface area (Å²) in [5, 5.41) is 9.81. The van der Waals surface area contributed by atoms with Gasteiger partial charge in [-0.2, -0.15) is 0 Å². The van der Waals surface area contributed by atoms with E-state index in [1.54, 1.807) is 24.5 Å². The van der Waals surface area contributed by atoms with Gasteiger partial charge in [-0.05, 0) is 30.0 Å². The number of carbonyl (C=O) groups is 2. The molecule has 10 heteroatoms. The molecule has 0 saturated carbocycles. The molecule has 0 aliphatic heterocycles. The third-order valence-electron chi connectivity index (χ3n) is 3.85. The van der Waals surface area contributed by atoms with Gasteiger partial charge in [0.05, 0.1) is 5.69 Å². The predicted octanol–water partition coefficient (Wildman–Crippen LogP) is 3.01. The lowest BCUT2D eigenvalue weighted by molar-refractivity contribution is 0.137. The van der Waals surface area contributed by atoms with Crippen LogP contribution in [0.3, 0.4) is 0 Å². The Balaban J connectivity index is 0.00000300. The first-order valence-corrected chi connectivity index (χ1v) is 8.73. The number of benzene rings is 1. The molecule has 0 radical (unpaired) electrons. The van der Waals surface area contributed by atoms with Crippen LogP contribution >= 0.6 is 12.4 Å². The maximum Gasteiger partial charge on any atom is 0.407 e. The van der Waals surface area contributed by atoms with Crippen molar-refractivity contribution in [2.45, 2.75) is 20.1 Å². The number of anilines is 1. The number of nitrogens with one attached hydrogen (secondary N) is 3. The summed E-state index contributed by atoms with van der Waals surface area (Å²) in [6.07, 6.45) is 4.11. The van der Waals surface area contributed by atoms with Crippen molar-refractivity contribution in [2.75, 3.05) is 11.9 Å². The number of pyridine rings is 1. The minimum Gasteiger partial charge on any atom is -0.443 e. The number of amides is 3. The highest BCUT2D eigenvalue weighted by Gasteiger charge is 2.08. The smallest absolute Gasteiger partial charge is 0.407 e. The summed E-state index contributed by atoms with van der Waals surface area (Å²) in [6.45, 7) is 2.72. The average molecular weight is 417 g/mol. The van der Waals surface area contributed by atoms with E-state index >= 15 is 0 Å². The van der Waals surface area contributed by atoms with E-state index in [0.29, 0.717) is 18.1 Å². The van der Waals surface area contributed by atoms with E-state index < -0.39 is 6.09 Å². The van der Waals surface area contributed by atoms with Crippen LogP contribution in [0.4, 0.5) is 15.4 Å². The second kappa shape index (κ2) is 10.8. The number of urea groups is 1. The monoisotopic (exact) mass is 416 g/mol. The Morgan fingerprint density at radius 3 is 2.76 bits per heavy atom. The molecule has 0 saturated heterocycles. The molecule has 3 amide bonds. The van der Waals surface area contributed by atoms with Crippen LogP contribution in [0.2, 0.25) is 0 Å². The molecule has 0 unspecified atom stereocenters. The Labute approximate surface area is 173 Å². The molecule has 1 aromatic carbocycles. The minimum atomic E-state index is -0.543. The maximum atomic E-state index is 11.9. The molecular weight excluding hydrogens is 396 g/mol. The van der Waals surface area contributed by atoms with Crippen molar-refractivity contribution in [2.24, 2.45) is 0 Å². The van der Waals surface area contributed by atoms with Crippen molar-refractivity contribution in [3.63, 3.8) is 0 Å². The molecule has 0 aliphatic rings. The van der Waals surface area contributed by atoms with Gasteiger partial charge in [0.1, 0.15) is 18.8 Å². The Kier molecular flexibility index (Phi) is 8.11. The minimum absolute atomic E-state index is 0. The highest BCUT2D eigenvalue weighted by molar-refractivity contribution is 5.92. The molecule has 0 aliphatic carbocycles. The fourth-order valence-corrected chi connectivity index (χ4v) is 2.54. The zero-order valence-electron chi connectivity index (χ0n) is 15.7. The lowest BCUT2D eigenvalue weighted by atomic mass is 10.1. The quantitative estimate of drug-likeness (QED) is 0.568. The van der Waals surface area contributed by atoms with Crippen LogP contribution in [0, 0.1) is 0 Å². The normalized spacial score (nSPS) is 9.97. The zero-order chi connectivity index (χ0) is 19.8. The van der Waals surface area contributed by atoms with Crippen LogP contribution in [-0.4, -0.2) is 33.6 Å². The van der Waals surface area contributed by atoms with E-state index in [1.165, 1.54) is 6.33 Å². The van der Waals surface area contributed by atoms with Crippen LogP contribution in [0.5, 0.6) is 0 Å². The Morgan fingerprint density at radius 2 is 2.00 bits per heavy atom. The topological polar surface area (TPSA) is 118 Å².